The Kier molecular flexibility index (Phi) is 4.46. The SMILES string of the molecule is C[C@H]1CC=C(c2ccc3c(c2)nc2n3CCOC2)N(C(=O)OC(C)(C)C)C1. The van der Waals surface area contributed by atoms with Crippen LogP contribution < -0.4 is 0 Å². The van der Waals surface area contributed by atoms with E-state index in [2.05, 4.69) is 35.8 Å². The number of hydrogen-bond acceptors (Lipinski definition) is 4. The van der Waals surface area contributed by atoms with E-state index in [0.29, 0.717) is 19.1 Å². The molecule has 6 heteroatoms. The lowest BCUT2D eigenvalue weighted by Gasteiger charge is -2.33. The molecule has 1 amide bonds. The van der Waals surface area contributed by atoms with Crippen LogP contribution in [0.25, 0.3) is 16.7 Å². The van der Waals surface area contributed by atoms with Crippen LogP contribution in [-0.4, -0.2) is 39.3 Å². The van der Waals surface area contributed by atoms with Gasteiger partial charge in [-0.05, 0) is 45.2 Å². The third-order valence-corrected chi connectivity index (χ3v) is 4.93. The highest BCUT2D eigenvalue weighted by Gasteiger charge is 2.29. The van der Waals surface area contributed by atoms with Gasteiger partial charge in [-0.25, -0.2) is 9.78 Å². The fraction of sp³-hybridized carbons (Fsp3) is 0.524. The summed E-state index contributed by atoms with van der Waals surface area (Å²) in [5, 5.41) is 0. The molecular formula is C21H27N3O3. The van der Waals surface area contributed by atoms with Gasteiger partial charge >= 0.3 is 6.09 Å². The number of imidazole rings is 1. The predicted octanol–water partition coefficient (Wildman–Crippen LogP) is 4.18. The quantitative estimate of drug-likeness (QED) is 0.756. The van der Waals surface area contributed by atoms with E-state index < -0.39 is 5.60 Å². The summed E-state index contributed by atoms with van der Waals surface area (Å²) in [4.78, 5) is 19.3. The molecule has 2 aliphatic heterocycles. The molecule has 2 aromatic rings. The normalized spacial score (nSPS) is 20.4. The number of rotatable bonds is 1. The van der Waals surface area contributed by atoms with E-state index in [1.807, 2.05) is 20.8 Å². The fourth-order valence-corrected chi connectivity index (χ4v) is 3.69. The average molecular weight is 369 g/mol. The Labute approximate surface area is 159 Å². The average Bonchev–Trinajstić information content (AvgIpc) is 2.98. The lowest BCUT2D eigenvalue weighted by atomic mass is 9.98. The number of benzene rings is 1. The van der Waals surface area contributed by atoms with E-state index in [4.69, 9.17) is 14.5 Å². The van der Waals surface area contributed by atoms with Crippen molar-refractivity contribution in [3.8, 4) is 0 Å². The Balaban J connectivity index is 1.70. The van der Waals surface area contributed by atoms with E-state index in [9.17, 15) is 4.79 Å². The summed E-state index contributed by atoms with van der Waals surface area (Å²) in [6.07, 6.45) is 2.79. The molecule has 0 N–H and O–H groups in total. The number of carbonyl (C=O) groups is 1. The second-order valence-electron chi connectivity index (χ2n) is 8.46. The Morgan fingerprint density at radius 2 is 2.15 bits per heavy atom. The van der Waals surface area contributed by atoms with E-state index >= 15 is 0 Å². The predicted molar refractivity (Wildman–Crippen MR) is 104 cm³/mol. The molecule has 27 heavy (non-hydrogen) atoms. The van der Waals surface area contributed by atoms with E-state index in [1.165, 1.54) is 0 Å². The molecule has 0 saturated carbocycles. The highest BCUT2D eigenvalue weighted by Crippen LogP contribution is 2.31. The van der Waals surface area contributed by atoms with Crippen LogP contribution in [0.3, 0.4) is 0 Å². The van der Waals surface area contributed by atoms with Gasteiger partial charge in [0.1, 0.15) is 18.0 Å². The van der Waals surface area contributed by atoms with Crippen molar-refractivity contribution in [2.75, 3.05) is 13.2 Å². The van der Waals surface area contributed by atoms with Crippen LogP contribution in [0.2, 0.25) is 0 Å². The topological polar surface area (TPSA) is 56.6 Å². The molecule has 6 nitrogen and oxygen atoms in total. The minimum atomic E-state index is -0.518. The first-order valence-electron chi connectivity index (χ1n) is 9.60. The van der Waals surface area contributed by atoms with Gasteiger partial charge in [0, 0.05) is 18.7 Å². The zero-order valence-corrected chi connectivity index (χ0v) is 16.5. The summed E-state index contributed by atoms with van der Waals surface area (Å²) in [5.74, 6) is 1.37. The summed E-state index contributed by atoms with van der Waals surface area (Å²) in [6, 6.07) is 6.24. The summed E-state index contributed by atoms with van der Waals surface area (Å²) >= 11 is 0. The monoisotopic (exact) mass is 369 g/mol. The Bertz CT molecular complexity index is 907. The van der Waals surface area contributed by atoms with Gasteiger partial charge in [-0.2, -0.15) is 0 Å². The van der Waals surface area contributed by atoms with Crippen molar-refractivity contribution in [1.29, 1.82) is 0 Å². The molecule has 1 aromatic heterocycles. The Hall–Kier alpha value is -2.34. The summed E-state index contributed by atoms with van der Waals surface area (Å²) in [7, 11) is 0. The second kappa shape index (κ2) is 6.68. The van der Waals surface area contributed by atoms with Gasteiger partial charge in [0.2, 0.25) is 0 Å². The molecule has 0 spiro atoms. The van der Waals surface area contributed by atoms with Crippen molar-refractivity contribution in [3.05, 3.63) is 35.7 Å². The van der Waals surface area contributed by atoms with Crippen LogP contribution in [0.5, 0.6) is 0 Å². The zero-order valence-electron chi connectivity index (χ0n) is 16.5. The third-order valence-electron chi connectivity index (χ3n) is 4.93. The Morgan fingerprint density at radius 1 is 1.33 bits per heavy atom. The van der Waals surface area contributed by atoms with Crippen LogP contribution in [-0.2, 0) is 22.6 Å². The van der Waals surface area contributed by atoms with E-state index in [0.717, 1.165) is 47.7 Å². The molecule has 1 aromatic carbocycles. The highest BCUT2D eigenvalue weighted by atomic mass is 16.6. The minimum absolute atomic E-state index is 0.294. The van der Waals surface area contributed by atoms with Gasteiger partial charge in [0.05, 0.1) is 23.3 Å². The largest absolute Gasteiger partial charge is 0.443 e. The highest BCUT2D eigenvalue weighted by molar-refractivity contribution is 5.87. The molecule has 2 aliphatic rings. The lowest BCUT2D eigenvalue weighted by Crippen LogP contribution is -2.39. The molecule has 0 radical (unpaired) electrons. The fourth-order valence-electron chi connectivity index (χ4n) is 3.69. The maximum atomic E-state index is 12.8. The molecular weight excluding hydrogens is 342 g/mol. The van der Waals surface area contributed by atoms with Crippen LogP contribution in [0.15, 0.2) is 24.3 Å². The molecule has 1 atom stereocenters. The van der Waals surface area contributed by atoms with Crippen molar-refractivity contribution in [3.63, 3.8) is 0 Å². The number of aromatic nitrogens is 2. The lowest BCUT2D eigenvalue weighted by molar-refractivity contribution is 0.0327. The van der Waals surface area contributed by atoms with Crippen molar-refractivity contribution in [2.45, 2.75) is 52.9 Å². The molecule has 0 aliphatic carbocycles. The standard InChI is InChI=1S/C21H27N3O3/c1-14-5-7-17(24(12-14)20(25)27-21(2,3)4)15-6-8-18-16(11-15)22-19-13-26-10-9-23(18)19/h6-8,11,14H,5,9-10,12-13H2,1-4H3/t14-/m0/s1. The van der Waals surface area contributed by atoms with Gasteiger partial charge < -0.3 is 14.0 Å². The van der Waals surface area contributed by atoms with Gasteiger partial charge in [-0.3, -0.25) is 4.90 Å². The first kappa shape index (κ1) is 18.0. The Morgan fingerprint density at radius 3 is 2.93 bits per heavy atom. The summed E-state index contributed by atoms with van der Waals surface area (Å²) in [6.45, 7) is 10.6. The van der Waals surface area contributed by atoms with Crippen LogP contribution in [0, 0.1) is 5.92 Å². The van der Waals surface area contributed by atoms with Crippen molar-refractivity contribution in [1.82, 2.24) is 14.5 Å². The maximum absolute atomic E-state index is 12.8. The number of fused-ring (bicyclic) bond motifs is 3. The first-order chi connectivity index (χ1) is 12.8. The van der Waals surface area contributed by atoms with Crippen molar-refractivity contribution >= 4 is 22.8 Å². The summed E-state index contributed by atoms with van der Waals surface area (Å²) in [5.41, 5.74) is 3.45. The zero-order chi connectivity index (χ0) is 19.2. The molecule has 0 saturated heterocycles. The maximum Gasteiger partial charge on any atom is 0.414 e. The van der Waals surface area contributed by atoms with E-state index in [1.54, 1.807) is 4.90 Å². The molecule has 0 bridgehead atoms. The molecule has 0 unspecified atom stereocenters. The van der Waals surface area contributed by atoms with Crippen molar-refractivity contribution < 1.29 is 14.3 Å². The summed E-state index contributed by atoms with van der Waals surface area (Å²) < 4.78 is 13.4. The number of nitrogens with zero attached hydrogens (tertiary/aromatic N) is 3. The van der Waals surface area contributed by atoms with Gasteiger partial charge in [-0.1, -0.05) is 19.1 Å². The number of amides is 1. The van der Waals surface area contributed by atoms with Crippen LogP contribution in [0.1, 0.15) is 45.5 Å². The van der Waals surface area contributed by atoms with Crippen LogP contribution >= 0.6 is 0 Å². The molecule has 144 valence electrons. The first-order valence-corrected chi connectivity index (χ1v) is 9.60. The molecule has 0 fully saturated rings. The van der Waals surface area contributed by atoms with Crippen LogP contribution in [0.4, 0.5) is 4.79 Å². The number of ether oxygens (including phenoxy) is 2. The minimum Gasteiger partial charge on any atom is -0.443 e. The second-order valence-corrected chi connectivity index (χ2v) is 8.46. The third kappa shape index (κ3) is 3.58. The smallest absolute Gasteiger partial charge is 0.414 e. The van der Waals surface area contributed by atoms with Gasteiger partial charge in [-0.15, -0.1) is 0 Å². The molecule has 4 rings (SSSR count). The van der Waals surface area contributed by atoms with Gasteiger partial charge in [0.25, 0.3) is 0 Å². The van der Waals surface area contributed by atoms with Gasteiger partial charge in [0.15, 0.2) is 0 Å². The van der Waals surface area contributed by atoms with E-state index in [-0.39, 0.29) is 6.09 Å². The van der Waals surface area contributed by atoms with Crippen molar-refractivity contribution in [2.24, 2.45) is 5.92 Å². The number of carbonyl (C=O) groups excluding carboxylic acids is 1. The number of hydrogen-bond donors (Lipinski definition) is 0. The number of allylic oxidation sites excluding steroid dienone is 1. The molecule has 3 heterocycles.